The lowest BCUT2D eigenvalue weighted by molar-refractivity contribution is 0.0520. The van der Waals surface area contributed by atoms with E-state index in [9.17, 15) is 4.79 Å². The zero-order valence-electron chi connectivity index (χ0n) is 10.9. The second kappa shape index (κ2) is 6.02. The second-order valence-electron chi connectivity index (χ2n) is 4.50. The average molecular weight is 252 g/mol. The smallest absolute Gasteiger partial charge is 0.341 e. The molecule has 5 nitrogen and oxygen atoms in total. The van der Waals surface area contributed by atoms with Gasteiger partial charge in [-0.05, 0) is 19.9 Å². The highest BCUT2D eigenvalue weighted by molar-refractivity contribution is 5.90. The number of furan rings is 1. The molecule has 0 spiro atoms. The Morgan fingerprint density at radius 3 is 3.22 bits per heavy atom. The van der Waals surface area contributed by atoms with E-state index in [0.29, 0.717) is 30.5 Å². The summed E-state index contributed by atoms with van der Waals surface area (Å²) in [7, 11) is 0. The Morgan fingerprint density at radius 2 is 2.50 bits per heavy atom. The number of carbonyl (C=O) groups excluding carboxylic acids is 1. The molecule has 0 saturated carbocycles. The van der Waals surface area contributed by atoms with Gasteiger partial charge in [0.25, 0.3) is 0 Å². The Kier molecular flexibility index (Phi) is 4.38. The van der Waals surface area contributed by atoms with Crippen molar-refractivity contribution < 1.29 is 13.9 Å². The molecule has 1 fully saturated rings. The minimum atomic E-state index is -0.302. The summed E-state index contributed by atoms with van der Waals surface area (Å²) < 4.78 is 10.4. The first-order valence-electron chi connectivity index (χ1n) is 6.40. The van der Waals surface area contributed by atoms with E-state index in [0.717, 1.165) is 19.6 Å². The Morgan fingerprint density at radius 1 is 1.67 bits per heavy atom. The molecule has 18 heavy (non-hydrogen) atoms. The van der Waals surface area contributed by atoms with Crippen molar-refractivity contribution in [3.8, 4) is 0 Å². The van der Waals surface area contributed by atoms with Gasteiger partial charge in [-0.1, -0.05) is 0 Å². The lowest BCUT2D eigenvalue weighted by atomic mass is 10.2. The first-order valence-corrected chi connectivity index (χ1v) is 6.40. The van der Waals surface area contributed by atoms with Gasteiger partial charge in [-0.15, -0.1) is 0 Å². The molecule has 1 aromatic heterocycles. The maximum absolute atomic E-state index is 11.7. The Hall–Kier alpha value is -1.33. The molecule has 0 radical (unpaired) electrons. The molecule has 1 saturated heterocycles. The van der Waals surface area contributed by atoms with Crippen LogP contribution in [-0.4, -0.2) is 43.2 Å². The van der Waals surface area contributed by atoms with Crippen molar-refractivity contribution in [2.24, 2.45) is 0 Å². The van der Waals surface area contributed by atoms with Gasteiger partial charge in [0.1, 0.15) is 11.3 Å². The number of hydrogen-bond acceptors (Lipinski definition) is 5. The van der Waals surface area contributed by atoms with E-state index in [1.54, 1.807) is 19.3 Å². The van der Waals surface area contributed by atoms with Crippen LogP contribution in [0.3, 0.4) is 0 Å². The predicted octanol–water partition coefficient (Wildman–Crippen LogP) is 1.25. The van der Waals surface area contributed by atoms with Crippen molar-refractivity contribution >= 4 is 5.97 Å². The fourth-order valence-corrected chi connectivity index (χ4v) is 2.16. The largest absolute Gasteiger partial charge is 0.467 e. The fourth-order valence-electron chi connectivity index (χ4n) is 2.16. The van der Waals surface area contributed by atoms with E-state index >= 15 is 0 Å². The lowest BCUT2D eigenvalue weighted by Gasteiger charge is -2.33. The third-order valence-electron chi connectivity index (χ3n) is 3.23. The molecule has 0 amide bonds. The van der Waals surface area contributed by atoms with Crippen LogP contribution in [0.2, 0.25) is 0 Å². The predicted molar refractivity (Wildman–Crippen MR) is 67.4 cm³/mol. The monoisotopic (exact) mass is 252 g/mol. The van der Waals surface area contributed by atoms with Crippen LogP contribution >= 0.6 is 0 Å². The van der Waals surface area contributed by atoms with Crippen LogP contribution in [0, 0.1) is 0 Å². The molecule has 1 aliphatic rings. The Balaban J connectivity index is 2.04. The van der Waals surface area contributed by atoms with Gasteiger partial charge >= 0.3 is 5.97 Å². The molecule has 0 aromatic carbocycles. The van der Waals surface area contributed by atoms with Gasteiger partial charge in [0.05, 0.1) is 19.4 Å². The molecule has 1 N–H and O–H groups in total. The van der Waals surface area contributed by atoms with Gasteiger partial charge in [-0.3, -0.25) is 4.90 Å². The molecule has 5 heteroatoms. The van der Waals surface area contributed by atoms with Crippen LogP contribution in [-0.2, 0) is 11.3 Å². The van der Waals surface area contributed by atoms with Crippen molar-refractivity contribution in [3.05, 3.63) is 23.7 Å². The number of esters is 1. The first-order chi connectivity index (χ1) is 8.72. The summed E-state index contributed by atoms with van der Waals surface area (Å²) >= 11 is 0. The normalized spacial score (nSPS) is 20.9. The molecule has 0 aliphatic carbocycles. The number of carbonyl (C=O) groups is 1. The highest BCUT2D eigenvalue weighted by Crippen LogP contribution is 2.16. The van der Waals surface area contributed by atoms with Gasteiger partial charge in [0.15, 0.2) is 0 Å². The summed E-state index contributed by atoms with van der Waals surface area (Å²) in [6.45, 7) is 7.91. The van der Waals surface area contributed by atoms with Crippen LogP contribution in [0.5, 0.6) is 0 Å². The maximum Gasteiger partial charge on any atom is 0.341 e. The highest BCUT2D eigenvalue weighted by atomic mass is 16.5. The molecular formula is C13H20N2O3. The van der Waals surface area contributed by atoms with E-state index < -0.39 is 0 Å². The first kappa shape index (κ1) is 13.1. The van der Waals surface area contributed by atoms with Gasteiger partial charge < -0.3 is 14.5 Å². The molecule has 1 aromatic rings. The van der Waals surface area contributed by atoms with Crippen molar-refractivity contribution in [2.75, 3.05) is 26.2 Å². The average Bonchev–Trinajstić information content (AvgIpc) is 2.81. The summed E-state index contributed by atoms with van der Waals surface area (Å²) in [6.07, 6.45) is 1.55. The van der Waals surface area contributed by atoms with Gasteiger partial charge in [0.2, 0.25) is 0 Å². The van der Waals surface area contributed by atoms with Gasteiger partial charge in [0, 0.05) is 25.7 Å². The zero-order valence-corrected chi connectivity index (χ0v) is 10.9. The third kappa shape index (κ3) is 2.91. The lowest BCUT2D eigenvalue weighted by Crippen LogP contribution is -2.49. The summed E-state index contributed by atoms with van der Waals surface area (Å²) in [4.78, 5) is 14.0. The maximum atomic E-state index is 11.7. The van der Waals surface area contributed by atoms with E-state index in [1.807, 2.05) is 0 Å². The van der Waals surface area contributed by atoms with Crippen molar-refractivity contribution in [1.82, 2.24) is 10.2 Å². The van der Waals surface area contributed by atoms with Crippen LogP contribution in [0.25, 0.3) is 0 Å². The second-order valence-corrected chi connectivity index (χ2v) is 4.50. The number of piperazine rings is 1. The molecule has 1 unspecified atom stereocenters. The molecule has 2 heterocycles. The van der Waals surface area contributed by atoms with E-state index in [-0.39, 0.29) is 5.97 Å². The number of nitrogens with one attached hydrogen (secondary N) is 1. The highest BCUT2D eigenvalue weighted by Gasteiger charge is 2.22. The summed E-state index contributed by atoms with van der Waals surface area (Å²) in [5.41, 5.74) is 0.544. The molecule has 100 valence electrons. The molecule has 2 rings (SSSR count). The summed E-state index contributed by atoms with van der Waals surface area (Å²) in [5, 5.41) is 3.34. The molecular weight excluding hydrogens is 232 g/mol. The standard InChI is InChI=1S/C13H20N2O3/c1-3-17-13(16)11-4-7-18-12(11)9-15-6-5-14-8-10(15)2/h4,7,10,14H,3,5-6,8-9H2,1-2H3. The van der Waals surface area contributed by atoms with Crippen molar-refractivity contribution in [2.45, 2.75) is 26.4 Å². The number of nitrogens with zero attached hydrogens (tertiary/aromatic N) is 1. The Bertz CT molecular complexity index is 403. The number of hydrogen-bond donors (Lipinski definition) is 1. The minimum Gasteiger partial charge on any atom is -0.467 e. The van der Waals surface area contributed by atoms with E-state index in [4.69, 9.17) is 9.15 Å². The zero-order chi connectivity index (χ0) is 13.0. The van der Waals surface area contributed by atoms with E-state index in [1.165, 1.54) is 0 Å². The van der Waals surface area contributed by atoms with Crippen molar-refractivity contribution in [1.29, 1.82) is 0 Å². The Labute approximate surface area is 107 Å². The number of rotatable bonds is 4. The molecule has 0 bridgehead atoms. The van der Waals surface area contributed by atoms with Gasteiger partial charge in [-0.25, -0.2) is 4.79 Å². The van der Waals surface area contributed by atoms with Crippen LogP contribution in [0.1, 0.15) is 30.0 Å². The van der Waals surface area contributed by atoms with Crippen LogP contribution in [0.4, 0.5) is 0 Å². The molecule has 1 aliphatic heterocycles. The number of ether oxygens (including phenoxy) is 1. The quantitative estimate of drug-likeness (QED) is 0.817. The van der Waals surface area contributed by atoms with E-state index in [2.05, 4.69) is 17.1 Å². The minimum absolute atomic E-state index is 0.302. The van der Waals surface area contributed by atoms with Crippen LogP contribution < -0.4 is 5.32 Å². The van der Waals surface area contributed by atoms with Gasteiger partial charge in [-0.2, -0.15) is 0 Å². The van der Waals surface area contributed by atoms with Crippen LogP contribution in [0.15, 0.2) is 16.7 Å². The topological polar surface area (TPSA) is 54.7 Å². The summed E-state index contributed by atoms with van der Waals surface area (Å²) in [6, 6.07) is 2.12. The van der Waals surface area contributed by atoms with Crippen molar-refractivity contribution in [3.63, 3.8) is 0 Å². The third-order valence-corrected chi connectivity index (χ3v) is 3.23. The summed E-state index contributed by atoms with van der Waals surface area (Å²) in [5.74, 6) is 0.395. The molecule has 1 atom stereocenters. The SMILES string of the molecule is CCOC(=O)c1ccoc1CN1CCNCC1C. The fraction of sp³-hybridized carbons (Fsp3) is 0.615.